The molecule has 3 N–H and O–H groups in total. The minimum absolute atomic E-state index is 0.00546. The van der Waals surface area contributed by atoms with Gasteiger partial charge in [0.25, 0.3) is 0 Å². The maximum absolute atomic E-state index is 12.5. The molecule has 0 aromatic carbocycles. The molecule has 0 saturated carbocycles. The Morgan fingerprint density at radius 2 is 0.722 bits per heavy atom. The Balaban J connectivity index is 3.30. The van der Waals surface area contributed by atoms with Gasteiger partial charge in [0.15, 0.2) is 0 Å². The van der Waals surface area contributed by atoms with Crippen LogP contribution in [0.3, 0.4) is 0 Å². The first-order valence-electron chi connectivity index (χ1n) is 32.6. The number of hydrogen-bond donors (Lipinski definition) is 3. The summed E-state index contributed by atoms with van der Waals surface area (Å²) in [6.45, 7) is 4.90. The summed E-state index contributed by atoms with van der Waals surface area (Å²) in [4.78, 5) is 24.5. The van der Waals surface area contributed by atoms with Crippen LogP contribution in [0, 0.1) is 0 Å². The molecule has 6 nitrogen and oxygen atoms in total. The first-order chi connectivity index (χ1) is 35.5. The average Bonchev–Trinajstić information content (AvgIpc) is 3.38. The zero-order chi connectivity index (χ0) is 52.2. The lowest BCUT2D eigenvalue weighted by atomic mass is 10.0. The fraction of sp³-hybridized carbons (Fsp3) is 0.909. The van der Waals surface area contributed by atoms with E-state index in [-0.39, 0.29) is 18.5 Å². The molecule has 2 atom stereocenters. The molecule has 0 aliphatic rings. The van der Waals surface area contributed by atoms with Crippen molar-refractivity contribution in [1.29, 1.82) is 0 Å². The Hall–Kier alpha value is -1.66. The Morgan fingerprint density at radius 3 is 1.11 bits per heavy atom. The second-order valence-electron chi connectivity index (χ2n) is 22.5. The molecule has 6 heteroatoms. The van der Waals surface area contributed by atoms with Crippen molar-refractivity contribution < 1.29 is 24.5 Å². The Kier molecular flexibility index (Phi) is 60.5. The molecule has 0 aliphatic heterocycles. The van der Waals surface area contributed by atoms with E-state index in [4.69, 9.17) is 4.74 Å². The number of hydrogen-bond acceptors (Lipinski definition) is 5. The average molecular weight is 1010 g/mol. The summed E-state index contributed by atoms with van der Waals surface area (Å²) in [5.74, 6) is -0.0248. The summed E-state index contributed by atoms with van der Waals surface area (Å²) in [5, 5.41) is 23.2. The van der Waals surface area contributed by atoms with Gasteiger partial charge in [-0.05, 0) is 51.4 Å². The van der Waals surface area contributed by atoms with Gasteiger partial charge in [0.1, 0.15) is 0 Å². The number of aliphatic hydroxyl groups excluding tert-OH is 2. The SMILES string of the molecule is CCC/C=C\C/C=C\CCCCCCCC(=O)OCCCCCCCCCCCCCCCCCCCCCCCCCCCCCCCCCC(=O)NC(CO)C(O)CCCCCCCCCCCCC. The largest absolute Gasteiger partial charge is 0.466 e. The van der Waals surface area contributed by atoms with Gasteiger partial charge in [0.2, 0.25) is 5.91 Å². The number of carbonyl (C=O) groups is 2. The standard InChI is InChI=1S/C66H127NO5/c1-3-5-7-9-11-13-15-35-40-44-48-52-56-60-66(71)72-61-57-53-49-45-41-37-34-32-30-28-26-24-22-20-18-16-17-19-21-23-25-27-29-31-33-36-39-43-47-51-55-59-65(70)67-63(62-68)64(69)58-54-50-46-42-38-14-12-10-8-6-4-2/h7,9,13,15,63-64,68-69H,3-6,8,10-12,14,16-62H2,1-2H3,(H,67,70)/b9-7-,15-13-. The molecule has 426 valence electrons. The van der Waals surface area contributed by atoms with Gasteiger partial charge in [-0.3, -0.25) is 9.59 Å². The van der Waals surface area contributed by atoms with Gasteiger partial charge < -0.3 is 20.3 Å². The third kappa shape index (κ3) is 57.6. The van der Waals surface area contributed by atoms with Crippen molar-refractivity contribution >= 4 is 11.9 Å². The summed E-state index contributed by atoms with van der Waals surface area (Å²) in [6, 6.07) is -0.536. The third-order valence-corrected chi connectivity index (χ3v) is 15.2. The summed E-state index contributed by atoms with van der Waals surface area (Å²) in [5.41, 5.74) is 0. The van der Waals surface area contributed by atoms with Crippen molar-refractivity contribution in [3.8, 4) is 0 Å². The van der Waals surface area contributed by atoms with Crippen molar-refractivity contribution in [1.82, 2.24) is 5.32 Å². The number of unbranched alkanes of at least 4 members (excludes halogenated alkanes) is 46. The lowest BCUT2D eigenvalue weighted by Crippen LogP contribution is -2.45. The van der Waals surface area contributed by atoms with Crippen LogP contribution >= 0.6 is 0 Å². The topological polar surface area (TPSA) is 95.9 Å². The van der Waals surface area contributed by atoms with Crippen LogP contribution in [0.15, 0.2) is 24.3 Å². The van der Waals surface area contributed by atoms with Gasteiger partial charge in [0.05, 0.1) is 25.4 Å². The van der Waals surface area contributed by atoms with Crippen molar-refractivity contribution in [3.05, 3.63) is 24.3 Å². The van der Waals surface area contributed by atoms with E-state index in [2.05, 4.69) is 43.5 Å². The predicted molar refractivity (Wildman–Crippen MR) is 315 cm³/mol. The highest BCUT2D eigenvalue weighted by molar-refractivity contribution is 5.76. The maximum Gasteiger partial charge on any atom is 0.305 e. The first kappa shape index (κ1) is 70.3. The molecule has 0 aliphatic carbocycles. The molecule has 0 aromatic rings. The first-order valence-corrected chi connectivity index (χ1v) is 32.6. The number of allylic oxidation sites excluding steroid dienone is 4. The highest BCUT2D eigenvalue weighted by Crippen LogP contribution is 2.19. The van der Waals surface area contributed by atoms with Crippen LogP contribution in [-0.2, 0) is 14.3 Å². The molecule has 1 amide bonds. The minimum atomic E-state index is -0.659. The molecule has 0 fully saturated rings. The van der Waals surface area contributed by atoms with E-state index >= 15 is 0 Å². The molecule has 0 rings (SSSR count). The van der Waals surface area contributed by atoms with Gasteiger partial charge in [-0.15, -0.1) is 0 Å². The predicted octanol–water partition coefficient (Wildman–Crippen LogP) is 20.6. The molecule has 0 radical (unpaired) electrons. The molecule has 0 heterocycles. The zero-order valence-electron chi connectivity index (χ0n) is 48.7. The monoisotopic (exact) mass is 1010 g/mol. The Bertz CT molecular complexity index is 1120. The molecular formula is C66H127NO5. The van der Waals surface area contributed by atoms with Crippen molar-refractivity contribution in [2.45, 2.75) is 373 Å². The molecule has 0 saturated heterocycles. The summed E-state index contributed by atoms with van der Waals surface area (Å²) in [7, 11) is 0. The Labute approximate surface area is 450 Å². The van der Waals surface area contributed by atoms with Gasteiger partial charge in [0, 0.05) is 12.8 Å². The number of esters is 1. The van der Waals surface area contributed by atoms with E-state index in [1.165, 1.54) is 276 Å². The summed E-state index contributed by atoms with van der Waals surface area (Å²) >= 11 is 0. The van der Waals surface area contributed by atoms with Crippen LogP contribution in [0.25, 0.3) is 0 Å². The maximum atomic E-state index is 12.5. The molecule has 2 unspecified atom stereocenters. The van der Waals surface area contributed by atoms with E-state index < -0.39 is 12.1 Å². The fourth-order valence-electron chi connectivity index (χ4n) is 10.3. The number of amides is 1. The van der Waals surface area contributed by atoms with Crippen LogP contribution < -0.4 is 5.32 Å². The molecule has 0 bridgehead atoms. The molecule has 0 spiro atoms. The lowest BCUT2D eigenvalue weighted by molar-refractivity contribution is -0.143. The van der Waals surface area contributed by atoms with E-state index in [9.17, 15) is 19.8 Å². The van der Waals surface area contributed by atoms with Crippen molar-refractivity contribution in [2.75, 3.05) is 13.2 Å². The second-order valence-corrected chi connectivity index (χ2v) is 22.5. The highest BCUT2D eigenvalue weighted by Gasteiger charge is 2.20. The van der Waals surface area contributed by atoms with Crippen molar-refractivity contribution in [2.24, 2.45) is 0 Å². The van der Waals surface area contributed by atoms with Gasteiger partial charge in [-0.25, -0.2) is 0 Å². The van der Waals surface area contributed by atoms with Gasteiger partial charge in [-0.1, -0.05) is 321 Å². The highest BCUT2D eigenvalue weighted by atomic mass is 16.5. The second kappa shape index (κ2) is 61.9. The van der Waals surface area contributed by atoms with Crippen LogP contribution in [0.5, 0.6) is 0 Å². The number of rotatable bonds is 61. The number of aliphatic hydroxyl groups is 2. The van der Waals surface area contributed by atoms with E-state index in [1.807, 2.05) is 0 Å². The smallest absolute Gasteiger partial charge is 0.305 e. The zero-order valence-corrected chi connectivity index (χ0v) is 48.7. The summed E-state index contributed by atoms with van der Waals surface area (Å²) in [6.07, 6.45) is 76.5. The van der Waals surface area contributed by atoms with Gasteiger partial charge in [-0.2, -0.15) is 0 Å². The number of nitrogens with one attached hydrogen (secondary N) is 1. The quantitative estimate of drug-likeness (QED) is 0.0320. The van der Waals surface area contributed by atoms with Crippen LogP contribution in [0.2, 0.25) is 0 Å². The Morgan fingerprint density at radius 1 is 0.389 bits per heavy atom. The summed E-state index contributed by atoms with van der Waals surface area (Å²) < 4.78 is 5.47. The van der Waals surface area contributed by atoms with Crippen LogP contribution in [-0.4, -0.2) is 47.4 Å². The van der Waals surface area contributed by atoms with E-state index in [1.54, 1.807) is 0 Å². The number of carbonyl (C=O) groups excluding carboxylic acids is 2. The normalized spacial score (nSPS) is 12.7. The molecule has 72 heavy (non-hydrogen) atoms. The third-order valence-electron chi connectivity index (χ3n) is 15.2. The minimum Gasteiger partial charge on any atom is -0.466 e. The molecular weight excluding hydrogens is 887 g/mol. The van der Waals surface area contributed by atoms with Crippen LogP contribution in [0.4, 0.5) is 0 Å². The van der Waals surface area contributed by atoms with Gasteiger partial charge >= 0.3 is 5.97 Å². The van der Waals surface area contributed by atoms with Crippen LogP contribution in [0.1, 0.15) is 361 Å². The number of ether oxygens (including phenoxy) is 1. The molecule has 0 aromatic heterocycles. The van der Waals surface area contributed by atoms with E-state index in [0.717, 1.165) is 51.4 Å². The fourth-order valence-corrected chi connectivity index (χ4v) is 10.3. The lowest BCUT2D eigenvalue weighted by Gasteiger charge is -2.22. The van der Waals surface area contributed by atoms with Crippen molar-refractivity contribution in [3.63, 3.8) is 0 Å². The van der Waals surface area contributed by atoms with E-state index in [0.29, 0.717) is 25.9 Å².